The van der Waals surface area contributed by atoms with Gasteiger partial charge in [-0.05, 0) is 36.5 Å². The predicted octanol–water partition coefficient (Wildman–Crippen LogP) is 2.71. The Hall–Kier alpha value is -2.14. The molecule has 5 nitrogen and oxygen atoms in total. The number of carbonyl (C=O) groups is 1. The zero-order valence-electron chi connectivity index (χ0n) is 13.5. The fraction of sp³-hybridized carbons (Fsp3) is 0.389. The lowest BCUT2D eigenvalue weighted by Gasteiger charge is -2.31. The summed E-state index contributed by atoms with van der Waals surface area (Å²) in [5, 5.41) is 3.68. The van der Waals surface area contributed by atoms with Crippen LogP contribution in [0.15, 0.2) is 42.7 Å². The van der Waals surface area contributed by atoms with Crippen LogP contribution in [0.4, 0.5) is 5.95 Å². The molecule has 1 N–H and O–H groups in total. The summed E-state index contributed by atoms with van der Waals surface area (Å²) in [4.78, 5) is 22.9. The lowest BCUT2D eigenvalue weighted by Crippen LogP contribution is -2.39. The highest BCUT2D eigenvalue weighted by atomic mass is 35.5. The van der Waals surface area contributed by atoms with E-state index in [0.29, 0.717) is 23.9 Å². The van der Waals surface area contributed by atoms with E-state index in [1.165, 1.54) is 0 Å². The lowest BCUT2D eigenvalue weighted by atomic mass is 9.97. The SMILES string of the molecule is O=C(Cc1ccccc1Cl)NCC1CCN(c2ncccn2)CC1. The summed E-state index contributed by atoms with van der Waals surface area (Å²) in [6, 6.07) is 9.29. The Morgan fingerprint density at radius 1 is 1.17 bits per heavy atom. The van der Waals surface area contributed by atoms with Gasteiger partial charge in [-0.2, -0.15) is 0 Å². The van der Waals surface area contributed by atoms with Crippen molar-refractivity contribution in [2.24, 2.45) is 5.92 Å². The Morgan fingerprint density at radius 2 is 1.88 bits per heavy atom. The lowest BCUT2D eigenvalue weighted by molar-refractivity contribution is -0.120. The van der Waals surface area contributed by atoms with Gasteiger partial charge in [0.05, 0.1) is 6.42 Å². The maximum atomic E-state index is 12.1. The first-order chi connectivity index (χ1) is 11.7. The third kappa shape index (κ3) is 4.45. The van der Waals surface area contributed by atoms with E-state index < -0.39 is 0 Å². The van der Waals surface area contributed by atoms with Crippen molar-refractivity contribution < 1.29 is 4.79 Å². The monoisotopic (exact) mass is 344 g/mol. The molecule has 3 rings (SSSR count). The zero-order valence-corrected chi connectivity index (χ0v) is 14.2. The number of benzene rings is 1. The number of halogens is 1. The normalized spacial score (nSPS) is 15.3. The van der Waals surface area contributed by atoms with Crippen molar-refractivity contribution in [3.05, 3.63) is 53.3 Å². The van der Waals surface area contributed by atoms with Crippen LogP contribution in [-0.4, -0.2) is 35.5 Å². The fourth-order valence-corrected chi connectivity index (χ4v) is 3.13. The molecule has 0 unspecified atom stereocenters. The molecular formula is C18H21ClN4O. The van der Waals surface area contributed by atoms with Crippen LogP contribution >= 0.6 is 11.6 Å². The number of nitrogens with zero attached hydrogens (tertiary/aromatic N) is 3. The minimum absolute atomic E-state index is 0.0249. The number of hydrogen-bond acceptors (Lipinski definition) is 4. The van der Waals surface area contributed by atoms with Crippen molar-refractivity contribution in [2.75, 3.05) is 24.5 Å². The van der Waals surface area contributed by atoms with Gasteiger partial charge in [0.25, 0.3) is 0 Å². The Kier molecular flexibility index (Phi) is 5.64. The van der Waals surface area contributed by atoms with E-state index in [1.54, 1.807) is 12.4 Å². The molecule has 24 heavy (non-hydrogen) atoms. The molecule has 1 fully saturated rings. The van der Waals surface area contributed by atoms with E-state index in [0.717, 1.165) is 37.4 Å². The highest BCUT2D eigenvalue weighted by Gasteiger charge is 2.21. The minimum atomic E-state index is 0.0249. The minimum Gasteiger partial charge on any atom is -0.356 e. The van der Waals surface area contributed by atoms with E-state index in [1.807, 2.05) is 30.3 Å². The first-order valence-corrected chi connectivity index (χ1v) is 8.62. The molecule has 0 atom stereocenters. The van der Waals surface area contributed by atoms with E-state index in [-0.39, 0.29) is 5.91 Å². The summed E-state index contributed by atoms with van der Waals surface area (Å²) in [5.74, 6) is 1.32. The second-order valence-corrected chi connectivity index (χ2v) is 6.46. The smallest absolute Gasteiger partial charge is 0.225 e. The highest BCUT2D eigenvalue weighted by molar-refractivity contribution is 6.31. The summed E-state index contributed by atoms with van der Waals surface area (Å²) in [5.41, 5.74) is 0.868. The van der Waals surface area contributed by atoms with Crippen LogP contribution in [-0.2, 0) is 11.2 Å². The van der Waals surface area contributed by atoms with Crippen LogP contribution < -0.4 is 10.2 Å². The number of anilines is 1. The van der Waals surface area contributed by atoms with Gasteiger partial charge in [0, 0.05) is 37.1 Å². The van der Waals surface area contributed by atoms with Gasteiger partial charge in [-0.3, -0.25) is 4.79 Å². The molecule has 1 saturated heterocycles. The molecule has 0 bridgehead atoms. The molecule has 2 aromatic rings. The van der Waals surface area contributed by atoms with Gasteiger partial charge in [-0.15, -0.1) is 0 Å². The van der Waals surface area contributed by atoms with E-state index >= 15 is 0 Å². The van der Waals surface area contributed by atoms with E-state index in [2.05, 4.69) is 20.2 Å². The highest BCUT2D eigenvalue weighted by Crippen LogP contribution is 2.20. The van der Waals surface area contributed by atoms with Gasteiger partial charge in [0.1, 0.15) is 0 Å². The van der Waals surface area contributed by atoms with Crippen LogP contribution in [0.3, 0.4) is 0 Å². The van der Waals surface area contributed by atoms with Gasteiger partial charge in [-0.1, -0.05) is 29.8 Å². The quantitative estimate of drug-likeness (QED) is 0.906. The Morgan fingerprint density at radius 3 is 2.58 bits per heavy atom. The first-order valence-electron chi connectivity index (χ1n) is 8.24. The number of rotatable bonds is 5. The largest absolute Gasteiger partial charge is 0.356 e. The second kappa shape index (κ2) is 8.11. The van der Waals surface area contributed by atoms with Gasteiger partial charge in [-0.25, -0.2) is 9.97 Å². The molecule has 0 radical (unpaired) electrons. The molecule has 1 aromatic heterocycles. The number of amides is 1. The van der Waals surface area contributed by atoms with Crippen LogP contribution in [0.25, 0.3) is 0 Å². The molecule has 0 spiro atoms. The summed E-state index contributed by atoms with van der Waals surface area (Å²) >= 11 is 6.09. The topological polar surface area (TPSA) is 58.1 Å². The van der Waals surface area contributed by atoms with Gasteiger partial charge < -0.3 is 10.2 Å². The summed E-state index contributed by atoms with van der Waals surface area (Å²) in [6.07, 6.45) is 5.93. The number of aromatic nitrogens is 2. The van der Waals surface area contributed by atoms with Crippen molar-refractivity contribution in [2.45, 2.75) is 19.3 Å². The fourth-order valence-electron chi connectivity index (χ4n) is 2.93. The van der Waals surface area contributed by atoms with Crippen LogP contribution in [0.5, 0.6) is 0 Å². The van der Waals surface area contributed by atoms with Crippen LogP contribution in [0.1, 0.15) is 18.4 Å². The molecule has 1 amide bonds. The average Bonchev–Trinajstić information content (AvgIpc) is 2.63. The Balaban J connectivity index is 1.42. The molecule has 0 aliphatic carbocycles. The van der Waals surface area contributed by atoms with E-state index in [4.69, 9.17) is 11.6 Å². The third-order valence-electron chi connectivity index (χ3n) is 4.35. The number of nitrogens with one attached hydrogen (secondary N) is 1. The van der Waals surface area contributed by atoms with Gasteiger partial charge in [0.2, 0.25) is 11.9 Å². The standard InChI is InChI=1S/C18H21ClN4O/c19-16-5-2-1-4-15(16)12-17(24)22-13-14-6-10-23(11-7-14)18-20-8-3-9-21-18/h1-5,8-9,14H,6-7,10-13H2,(H,22,24). The van der Waals surface area contributed by atoms with Crippen molar-refractivity contribution in [3.63, 3.8) is 0 Å². The molecule has 6 heteroatoms. The van der Waals surface area contributed by atoms with E-state index in [9.17, 15) is 4.79 Å². The van der Waals surface area contributed by atoms with Crippen LogP contribution in [0.2, 0.25) is 5.02 Å². The Bertz CT molecular complexity index is 672. The average molecular weight is 345 g/mol. The first kappa shape index (κ1) is 16.7. The van der Waals surface area contributed by atoms with Gasteiger partial charge >= 0.3 is 0 Å². The summed E-state index contributed by atoms with van der Waals surface area (Å²) in [7, 11) is 0. The molecule has 126 valence electrons. The predicted molar refractivity (Wildman–Crippen MR) is 95.1 cm³/mol. The molecule has 0 saturated carbocycles. The third-order valence-corrected chi connectivity index (χ3v) is 4.71. The summed E-state index contributed by atoms with van der Waals surface area (Å²) in [6.45, 7) is 2.57. The number of piperidine rings is 1. The molecule has 1 aromatic carbocycles. The van der Waals surface area contributed by atoms with Crippen LogP contribution in [0, 0.1) is 5.92 Å². The second-order valence-electron chi connectivity index (χ2n) is 6.05. The van der Waals surface area contributed by atoms with Crippen molar-refractivity contribution in [1.82, 2.24) is 15.3 Å². The maximum Gasteiger partial charge on any atom is 0.225 e. The summed E-state index contributed by atoms with van der Waals surface area (Å²) < 4.78 is 0. The number of carbonyl (C=O) groups excluding carboxylic acids is 1. The molecular weight excluding hydrogens is 324 g/mol. The van der Waals surface area contributed by atoms with Crippen molar-refractivity contribution >= 4 is 23.5 Å². The molecule has 1 aliphatic rings. The maximum absolute atomic E-state index is 12.1. The number of hydrogen-bond donors (Lipinski definition) is 1. The van der Waals surface area contributed by atoms with Crippen molar-refractivity contribution in [3.8, 4) is 0 Å². The zero-order chi connectivity index (χ0) is 16.8. The Labute approximate surface area is 147 Å². The molecule has 1 aliphatic heterocycles. The van der Waals surface area contributed by atoms with Gasteiger partial charge in [0.15, 0.2) is 0 Å². The van der Waals surface area contributed by atoms with Crippen molar-refractivity contribution in [1.29, 1.82) is 0 Å². The molecule has 2 heterocycles.